The van der Waals surface area contributed by atoms with Gasteiger partial charge in [-0.3, -0.25) is 4.79 Å². The number of benzene rings is 1. The largest absolute Gasteiger partial charge is 0.460 e. The van der Waals surface area contributed by atoms with Crippen LogP contribution in [0.3, 0.4) is 0 Å². The molecular weight excluding hydrogens is 306 g/mol. The van der Waals surface area contributed by atoms with Gasteiger partial charge in [-0.1, -0.05) is 24.6 Å². The Morgan fingerprint density at radius 1 is 1.48 bits per heavy atom. The molecule has 0 radical (unpaired) electrons. The fraction of sp³-hybridized carbons (Fsp3) is 0.375. The second-order valence-electron chi connectivity index (χ2n) is 5.42. The number of halogens is 1. The van der Waals surface area contributed by atoms with Gasteiger partial charge >= 0.3 is 5.97 Å². The van der Waals surface area contributed by atoms with E-state index in [4.69, 9.17) is 16.3 Å². The third-order valence-electron chi connectivity index (χ3n) is 3.83. The van der Waals surface area contributed by atoms with Gasteiger partial charge in [0.05, 0.1) is 11.4 Å². The Bertz CT molecular complexity index is 704. The lowest BCUT2D eigenvalue weighted by Crippen LogP contribution is -2.08. The Morgan fingerprint density at radius 3 is 2.90 bits per heavy atom. The molecule has 1 aliphatic rings. The molecule has 1 heterocycles. The summed E-state index contributed by atoms with van der Waals surface area (Å²) in [5.74, 6) is 0.394. The first kappa shape index (κ1) is 14.7. The number of pyridine rings is 1. The van der Waals surface area contributed by atoms with Crippen molar-refractivity contribution in [3.05, 3.63) is 35.0 Å². The summed E-state index contributed by atoms with van der Waals surface area (Å²) in [7, 11) is 0. The molecule has 0 N–H and O–H groups in total. The quantitative estimate of drug-likeness (QED) is 0.478. The predicted octanol–water partition coefficient (Wildman–Crippen LogP) is 4.31. The number of ether oxygens (including phenoxy) is 1. The first-order valence-corrected chi connectivity index (χ1v) is 8.48. The summed E-state index contributed by atoms with van der Waals surface area (Å²) in [5.41, 5.74) is 1.61. The van der Waals surface area contributed by atoms with Gasteiger partial charge in [0.1, 0.15) is 11.8 Å². The molecule has 1 aromatic heterocycles. The van der Waals surface area contributed by atoms with Crippen LogP contribution in [-0.2, 0) is 16.1 Å². The maximum atomic E-state index is 11.8. The van der Waals surface area contributed by atoms with Crippen molar-refractivity contribution in [2.24, 2.45) is 11.8 Å². The lowest BCUT2D eigenvalue weighted by molar-refractivity contribution is -0.146. The van der Waals surface area contributed by atoms with Crippen molar-refractivity contribution in [3.8, 4) is 0 Å². The molecule has 0 unspecified atom stereocenters. The van der Waals surface area contributed by atoms with Crippen LogP contribution in [0.15, 0.2) is 29.2 Å². The predicted molar refractivity (Wildman–Crippen MR) is 85.6 cm³/mol. The molecule has 0 saturated heterocycles. The number of esters is 1. The molecule has 110 valence electrons. The maximum Gasteiger partial charge on any atom is 0.309 e. The number of thioether (sulfide) groups is 1. The second kappa shape index (κ2) is 5.85. The van der Waals surface area contributed by atoms with Gasteiger partial charge in [0.15, 0.2) is 0 Å². The van der Waals surface area contributed by atoms with E-state index in [9.17, 15) is 4.79 Å². The third-order valence-corrected chi connectivity index (χ3v) is 4.89. The maximum absolute atomic E-state index is 11.8. The van der Waals surface area contributed by atoms with Crippen molar-refractivity contribution >= 4 is 40.2 Å². The number of rotatable bonds is 4. The zero-order valence-corrected chi connectivity index (χ0v) is 13.5. The van der Waals surface area contributed by atoms with Crippen molar-refractivity contribution in [3.63, 3.8) is 0 Å². The number of hydrogen-bond acceptors (Lipinski definition) is 4. The molecular formula is C16H16ClNO2S. The van der Waals surface area contributed by atoms with E-state index in [-0.39, 0.29) is 18.5 Å². The molecule has 3 nitrogen and oxygen atoms in total. The molecule has 1 fully saturated rings. The summed E-state index contributed by atoms with van der Waals surface area (Å²) in [6, 6.07) is 8.01. The molecule has 1 aromatic carbocycles. The topological polar surface area (TPSA) is 39.2 Å². The van der Waals surface area contributed by atoms with Gasteiger partial charge in [-0.25, -0.2) is 4.98 Å². The fourth-order valence-electron chi connectivity index (χ4n) is 2.30. The van der Waals surface area contributed by atoms with Crippen LogP contribution in [0.1, 0.15) is 18.9 Å². The molecule has 21 heavy (non-hydrogen) atoms. The van der Waals surface area contributed by atoms with Crippen molar-refractivity contribution in [2.45, 2.75) is 24.8 Å². The van der Waals surface area contributed by atoms with Crippen LogP contribution in [0.5, 0.6) is 0 Å². The Balaban J connectivity index is 1.79. The highest BCUT2D eigenvalue weighted by Gasteiger charge is 2.40. The minimum atomic E-state index is -0.128. The summed E-state index contributed by atoms with van der Waals surface area (Å²) < 4.78 is 5.33. The monoisotopic (exact) mass is 321 g/mol. The van der Waals surface area contributed by atoms with Crippen molar-refractivity contribution in [1.82, 2.24) is 4.98 Å². The second-order valence-corrected chi connectivity index (χ2v) is 6.66. The summed E-state index contributed by atoms with van der Waals surface area (Å²) in [5, 5.41) is 1.40. The van der Waals surface area contributed by atoms with Crippen LogP contribution >= 0.6 is 23.4 Å². The van der Waals surface area contributed by atoms with Gasteiger partial charge in [0, 0.05) is 15.8 Å². The molecule has 0 aliphatic heterocycles. The van der Waals surface area contributed by atoms with Gasteiger partial charge < -0.3 is 4.74 Å². The Hall–Kier alpha value is -1.26. The number of carbonyl (C=O) groups excluding carboxylic acids is 1. The van der Waals surface area contributed by atoms with Crippen molar-refractivity contribution in [1.29, 1.82) is 0 Å². The first-order chi connectivity index (χ1) is 10.1. The number of hydrogen-bond donors (Lipinski definition) is 0. The Labute approximate surface area is 133 Å². The van der Waals surface area contributed by atoms with E-state index in [2.05, 4.69) is 11.9 Å². The zero-order valence-electron chi connectivity index (χ0n) is 11.9. The highest BCUT2D eigenvalue weighted by atomic mass is 35.5. The third kappa shape index (κ3) is 3.16. The average molecular weight is 322 g/mol. The smallest absolute Gasteiger partial charge is 0.309 e. The van der Waals surface area contributed by atoms with E-state index in [1.165, 1.54) is 0 Å². The van der Waals surface area contributed by atoms with Crippen LogP contribution in [0.25, 0.3) is 10.9 Å². The van der Waals surface area contributed by atoms with Gasteiger partial charge in [-0.05, 0) is 36.8 Å². The minimum absolute atomic E-state index is 0.0707. The van der Waals surface area contributed by atoms with E-state index in [1.54, 1.807) is 11.8 Å². The van der Waals surface area contributed by atoms with E-state index in [1.807, 2.05) is 30.5 Å². The highest BCUT2D eigenvalue weighted by Crippen LogP contribution is 2.38. The standard InChI is InChI=1S/C16H16ClNO2S/c1-9-5-13(9)16(19)20-8-11-6-10-3-4-12(21-2)7-14(10)18-15(11)17/h3-4,6-7,9,13H,5,8H2,1-2H3/t9-,13-/m0/s1. The van der Waals surface area contributed by atoms with Crippen molar-refractivity contribution in [2.75, 3.05) is 6.26 Å². The fourth-order valence-corrected chi connectivity index (χ4v) is 2.94. The lowest BCUT2D eigenvalue weighted by Gasteiger charge is -2.08. The highest BCUT2D eigenvalue weighted by molar-refractivity contribution is 7.98. The molecule has 3 rings (SSSR count). The molecule has 1 saturated carbocycles. The number of carbonyl (C=O) groups is 1. The molecule has 2 aromatic rings. The Kier molecular flexibility index (Phi) is 4.09. The normalized spacial score (nSPS) is 20.5. The number of aromatic nitrogens is 1. The summed E-state index contributed by atoms with van der Waals surface area (Å²) >= 11 is 7.86. The number of nitrogens with zero attached hydrogens (tertiary/aromatic N) is 1. The molecule has 0 amide bonds. The van der Waals surface area contributed by atoms with E-state index in [0.717, 1.165) is 27.8 Å². The summed E-state index contributed by atoms with van der Waals surface area (Å²) in [6.45, 7) is 2.24. The molecule has 5 heteroatoms. The van der Waals surface area contributed by atoms with Crippen LogP contribution < -0.4 is 0 Å². The van der Waals surface area contributed by atoms with Gasteiger partial charge in [-0.2, -0.15) is 0 Å². The van der Waals surface area contributed by atoms with E-state index >= 15 is 0 Å². The SMILES string of the molecule is CSc1ccc2cc(COC(=O)[C@H]3C[C@@H]3C)c(Cl)nc2c1. The Morgan fingerprint density at radius 2 is 2.24 bits per heavy atom. The van der Waals surface area contributed by atoms with Crippen LogP contribution in [0, 0.1) is 11.8 Å². The minimum Gasteiger partial charge on any atom is -0.460 e. The van der Waals surface area contributed by atoms with Crippen LogP contribution in [0.2, 0.25) is 5.15 Å². The van der Waals surface area contributed by atoms with E-state index in [0.29, 0.717) is 11.1 Å². The van der Waals surface area contributed by atoms with E-state index < -0.39 is 0 Å². The first-order valence-electron chi connectivity index (χ1n) is 6.88. The number of fused-ring (bicyclic) bond motifs is 1. The van der Waals surface area contributed by atoms with Gasteiger partial charge in [0.2, 0.25) is 0 Å². The molecule has 0 bridgehead atoms. The summed E-state index contributed by atoms with van der Waals surface area (Å²) in [4.78, 5) is 17.3. The van der Waals surface area contributed by atoms with Gasteiger partial charge in [0.25, 0.3) is 0 Å². The lowest BCUT2D eigenvalue weighted by atomic mass is 10.1. The van der Waals surface area contributed by atoms with Gasteiger partial charge in [-0.15, -0.1) is 11.8 Å². The molecule has 1 aliphatic carbocycles. The zero-order chi connectivity index (χ0) is 15.0. The summed E-state index contributed by atoms with van der Waals surface area (Å²) in [6.07, 6.45) is 2.95. The van der Waals surface area contributed by atoms with Crippen LogP contribution in [-0.4, -0.2) is 17.2 Å². The molecule has 0 spiro atoms. The average Bonchev–Trinajstić information content (AvgIpc) is 3.21. The molecule has 2 atom stereocenters. The van der Waals surface area contributed by atoms with Crippen molar-refractivity contribution < 1.29 is 9.53 Å². The van der Waals surface area contributed by atoms with Crippen LogP contribution in [0.4, 0.5) is 0 Å².